The molecule has 0 spiro atoms. The van der Waals surface area contributed by atoms with E-state index in [9.17, 15) is 0 Å². The SMILES string of the molecule is CNc1ncnc(NC(C)CCO)c1C(C)C. The highest BCUT2D eigenvalue weighted by Gasteiger charge is 2.15. The quantitative estimate of drug-likeness (QED) is 0.705. The first kappa shape index (κ1) is 13.7. The van der Waals surface area contributed by atoms with Crippen molar-refractivity contribution in [2.24, 2.45) is 0 Å². The zero-order valence-corrected chi connectivity index (χ0v) is 11.0. The molecule has 1 rings (SSSR count). The van der Waals surface area contributed by atoms with Crippen LogP contribution in [-0.4, -0.2) is 34.8 Å². The molecule has 0 saturated carbocycles. The first-order valence-corrected chi connectivity index (χ1v) is 6.00. The maximum atomic E-state index is 8.91. The Morgan fingerprint density at radius 1 is 1.24 bits per heavy atom. The Bertz CT molecular complexity index is 354. The summed E-state index contributed by atoms with van der Waals surface area (Å²) in [7, 11) is 1.86. The number of aromatic nitrogens is 2. The second-order valence-electron chi connectivity index (χ2n) is 4.45. The Hall–Kier alpha value is -1.36. The summed E-state index contributed by atoms with van der Waals surface area (Å²) < 4.78 is 0. The normalized spacial score (nSPS) is 12.6. The molecule has 0 fully saturated rings. The minimum atomic E-state index is 0.176. The number of nitrogens with zero attached hydrogens (tertiary/aromatic N) is 2. The molecule has 0 radical (unpaired) electrons. The molecule has 1 unspecified atom stereocenters. The van der Waals surface area contributed by atoms with Gasteiger partial charge in [-0.3, -0.25) is 0 Å². The smallest absolute Gasteiger partial charge is 0.135 e. The summed E-state index contributed by atoms with van der Waals surface area (Å²) in [5.41, 5.74) is 1.08. The van der Waals surface area contributed by atoms with Crippen molar-refractivity contribution >= 4 is 11.6 Å². The Balaban J connectivity index is 2.97. The maximum Gasteiger partial charge on any atom is 0.135 e. The van der Waals surface area contributed by atoms with Gasteiger partial charge in [0.2, 0.25) is 0 Å². The van der Waals surface area contributed by atoms with Crippen molar-refractivity contribution in [2.45, 2.75) is 39.2 Å². The lowest BCUT2D eigenvalue weighted by Crippen LogP contribution is -2.19. The molecule has 5 nitrogen and oxygen atoms in total. The molecule has 0 aliphatic carbocycles. The lowest BCUT2D eigenvalue weighted by molar-refractivity contribution is 0.282. The molecule has 0 saturated heterocycles. The molecule has 0 aliphatic heterocycles. The molecule has 1 heterocycles. The van der Waals surface area contributed by atoms with Gasteiger partial charge >= 0.3 is 0 Å². The second-order valence-corrected chi connectivity index (χ2v) is 4.45. The highest BCUT2D eigenvalue weighted by atomic mass is 16.3. The second kappa shape index (κ2) is 6.39. The average Bonchev–Trinajstić information content (AvgIpc) is 2.28. The van der Waals surface area contributed by atoms with E-state index in [2.05, 4.69) is 34.4 Å². The molecule has 1 atom stereocenters. The average molecular weight is 238 g/mol. The van der Waals surface area contributed by atoms with Crippen molar-refractivity contribution in [3.8, 4) is 0 Å². The number of nitrogens with one attached hydrogen (secondary N) is 2. The van der Waals surface area contributed by atoms with Gasteiger partial charge in [0.1, 0.15) is 18.0 Å². The van der Waals surface area contributed by atoms with Crippen molar-refractivity contribution in [3.63, 3.8) is 0 Å². The predicted molar refractivity (Wildman–Crippen MR) is 70.5 cm³/mol. The molecule has 17 heavy (non-hydrogen) atoms. The lowest BCUT2D eigenvalue weighted by atomic mass is 10.0. The molecule has 0 bridgehead atoms. The van der Waals surface area contributed by atoms with Crippen LogP contribution in [-0.2, 0) is 0 Å². The van der Waals surface area contributed by atoms with Crippen molar-refractivity contribution in [3.05, 3.63) is 11.9 Å². The highest BCUT2D eigenvalue weighted by Crippen LogP contribution is 2.28. The van der Waals surface area contributed by atoms with Crippen molar-refractivity contribution in [1.29, 1.82) is 0 Å². The Morgan fingerprint density at radius 2 is 1.88 bits per heavy atom. The topological polar surface area (TPSA) is 70.1 Å². The molecule has 1 aromatic rings. The standard InChI is InChI=1S/C12H22N4O/c1-8(2)10-11(13-4)14-7-15-12(10)16-9(3)5-6-17/h7-9,17H,5-6H2,1-4H3,(H2,13,14,15,16). The van der Waals surface area contributed by atoms with Crippen LogP contribution in [0.25, 0.3) is 0 Å². The van der Waals surface area contributed by atoms with Gasteiger partial charge in [-0.1, -0.05) is 13.8 Å². The van der Waals surface area contributed by atoms with Gasteiger partial charge in [0, 0.05) is 25.3 Å². The van der Waals surface area contributed by atoms with E-state index in [0.29, 0.717) is 12.3 Å². The van der Waals surface area contributed by atoms with E-state index in [1.54, 1.807) is 6.33 Å². The summed E-state index contributed by atoms with van der Waals surface area (Å²) >= 11 is 0. The first-order chi connectivity index (χ1) is 8.10. The summed E-state index contributed by atoms with van der Waals surface area (Å²) in [6.07, 6.45) is 2.25. The minimum Gasteiger partial charge on any atom is -0.396 e. The monoisotopic (exact) mass is 238 g/mol. The number of rotatable bonds is 6. The number of anilines is 2. The summed E-state index contributed by atoms with van der Waals surface area (Å²) in [6.45, 7) is 6.43. The fourth-order valence-corrected chi connectivity index (χ4v) is 1.76. The molecule has 5 heteroatoms. The van der Waals surface area contributed by atoms with Crippen LogP contribution in [0.4, 0.5) is 11.6 Å². The van der Waals surface area contributed by atoms with E-state index in [0.717, 1.165) is 17.2 Å². The van der Waals surface area contributed by atoms with Crippen molar-refractivity contribution < 1.29 is 5.11 Å². The largest absolute Gasteiger partial charge is 0.396 e. The minimum absolute atomic E-state index is 0.176. The molecule has 96 valence electrons. The van der Waals surface area contributed by atoms with Gasteiger partial charge in [0.25, 0.3) is 0 Å². The number of hydrogen-bond acceptors (Lipinski definition) is 5. The van der Waals surface area contributed by atoms with Gasteiger partial charge in [-0.25, -0.2) is 9.97 Å². The maximum absolute atomic E-state index is 8.91. The van der Waals surface area contributed by atoms with Crippen LogP contribution < -0.4 is 10.6 Å². The van der Waals surface area contributed by atoms with Gasteiger partial charge in [0.05, 0.1) is 0 Å². The molecule has 1 aromatic heterocycles. The van der Waals surface area contributed by atoms with Crippen LogP contribution in [0, 0.1) is 0 Å². The summed E-state index contributed by atoms with van der Waals surface area (Å²) in [5, 5.41) is 15.3. The van der Waals surface area contributed by atoms with E-state index in [1.807, 2.05) is 14.0 Å². The van der Waals surface area contributed by atoms with E-state index < -0.39 is 0 Å². The zero-order valence-electron chi connectivity index (χ0n) is 11.0. The van der Waals surface area contributed by atoms with E-state index in [4.69, 9.17) is 5.11 Å². The van der Waals surface area contributed by atoms with Crippen LogP contribution in [0.3, 0.4) is 0 Å². The Morgan fingerprint density at radius 3 is 2.41 bits per heavy atom. The summed E-state index contributed by atoms with van der Waals surface area (Å²) in [5.74, 6) is 2.04. The van der Waals surface area contributed by atoms with Gasteiger partial charge in [-0.05, 0) is 19.3 Å². The van der Waals surface area contributed by atoms with Gasteiger partial charge in [-0.2, -0.15) is 0 Å². The molecule has 0 aromatic carbocycles. The van der Waals surface area contributed by atoms with Gasteiger partial charge < -0.3 is 15.7 Å². The Labute approximate surface area is 103 Å². The molecular weight excluding hydrogens is 216 g/mol. The number of hydrogen-bond donors (Lipinski definition) is 3. The van der Waals surface area contributed by atoms with Crippen LogP contribution in [0.5, 0.6) is 0 Å². The third-order valence-electron chi connectivity index (χ3n) is 2.64. The van der Waals surface area contributed by atoms with Crippen LogP contribution in [0.1, 0.15) is 38.7 Å². The first-order valence-electron chi connectivity index (χ1n) is 6.00. The van der Waals surface area contributed by atoms with Crippen molar-refractivity contribution in [1.82, 2.24) is 9.97 Å². The number of aliphatic hydroxyl groups is 1. The predicted octanol–water partition coefficient (Wildman–Crippen LogP) is 1.82. The zero-order chi connectivity index (χ0) is 12.8. The molecule has 0 amide bonds. The summed E-state index contributed by atoms with van der Waals surface area (Å²) in [4.78, 5) is 8.51. The van der Waals surface area contributed by atoms with Crippen LogP contribution >= 0.6 is 0 Å². The lowest BCUT2D eigenvalue weighted by Gasteiger charge is -2.19. The van der Waals surface area contributed by atoms with Crippen LogP contribution in [0.2, 0.25) is 0 Å². The summed E-state index contributed by atoms with van der Waals surface area (Å²) in [6, 6.07) is 0.192. The molecule has 0 aliphatic rings. The number of aliphatic hydroxyl groups excluding tert-OH is 1. The third-order valence-corrected chi connectivity index (χ3v) is 2.64. The van der Waals surface area contributed by atoms with Crippen LogP contribution in [0.15, 0.2) is 6.33 Å². The van der Waals surface area contributed by atoms with E-state index in [-0.39, 0.29) is 12.6 Å². The van der Waals surface area contributed by atoms with Gasteiger partial charge in [-0.15, -0.1) is 0 Å². The van der Waals surface area contributed by atoms with Crippen molar-refractivity contribution in [2.75, 3.05) is 24.3 Å². The molecular formula is C12H22N4O. The third kappa shape index (κ3) is 3.56. The molecule has 3 N–H and O–H groups in total. The van der Waals surface area contributed by atoms with Gasteiger partial charge in [0.15, 0.2) is 0 Å². The fourth-order valence-electron chi connectivity index (χ4n) is 1.76. The van der Waals surface area contributed by atoms with E-state index >= 15 is 0 Å². The highest BCUT2D eigenvalue weighted by molar-refractivity contribution is 5.59. The fraction of sp³-hybridized carbons (Fsp3) is 0.667. The Kier molecular flexibility index (Phi) is 5.15. The van der Waals surface area contributed by atoms with E-state index in [1.165, 1.54) is 0 Å².